The Morgan fingerprint density at radius 1 is 0.860 bits per heavy atom. The maximum absolute atomic E-state index is 14.7. The average Bonchev–Trinajstić information content (AvgIpc) is 2.91. The van der Waals surface area contributed by atoms with E-state index in [9.17, 15) is 19.5 Å². The summed E-state index contributed by atoms with van der Waals surface area (Å²) < 4.78 is 5.52. The third kappa shape index (κ3) is 9.60. The first-order valence-corrected chi connectivity index (χ1v) is 14.5. The summed E-state index contributed by atoms with van der Waals surface area (Å²) in [5.41, 5.74) is 2.56. The van der Waals surface area contributed by atoms with Gasteiger partial charge in [-0.15, -0.1) is 0 Å². The summed E-state index contributed by atoms with van der Waals surface area (Å²) in [5, 5.41) is 15.6. The quantitative estimate of drug-likeness (QED) is 0.279. The predicted octanol–water partition coefficient (Wildman–Crippen LogP) is 6.13. The summed E-state index contributed by atoms with van der Waals surface area (Å²) >= 11 is 0. The number of carbonyl (C=O) groups is 3. The lowest BCUT2D eigenvalue weighted by Gasteiger charge is -2.43. The molecular weight excluding hydrogens is 542 g/mol. The molecule has 0 heterocycles. The Balaban J connectivity index is 2.10. The van der Waals surface area contributed by atoms with Crippen molar-refractivity contribution in [1.29, 1.82) is 0 Å². The Labute approximate surface area is 255 Å². The molecule has 0 aromatic heterocycles. The van der Waals surface area contributed by atoms with Gasteiger partial charge in [0.15, 0.2) is 0 Å². The maximum atomic E-state index is 14.7. The molecule has 43 heavy (non-hydrogen) atoms. The number of nitrogens with zero attached hydrogens (tertiary/aromatic N) is 1. The van der Waals surface area contributed by atoms with Crippen molar-refractivity contribution >= 4 is 17.9 Å². The van der Waals surface area contributed by atoms with Crippen molar-refractivity contribution in [1.82, 2.24) is 15.5 Å². The van der Waals surface area contributed by atoms with Crippen LogP contribution < -0.4 is 10.6 Å². The number of hydrogen-bond acceptors (Lipinski definition) is 5. The van der Waals surface area contributed by atoms with Crippen molar-refractivity contribution in [2.24, 2.45) is 0 Å². The Morgan fingerprint density at radius 3 is 2.07 bits per heavy atom. The number of aromatic hydroxyl groups is 1. The van der Waals surface area contributed by atoms with Gasteiger partial charge in [0.1, 0.15) is 23.4 Å². The first-order valence-electron chi connectivity index (χ1n) is 14.5. The Morgan fingerprint density at radius 2 is 1.49 bits per heavy atom. The van der Waals surface area contributed by atoms with Crippen molar-refractivity contribution in [2.75, 3.05) is 0 Å². The van der Waals surface area contributed by atoms with Gasteiger partial charge in [-0.2, -0.15) is 0 Å². The van der Waals surface area contributed by atoms with E-state index in [0.717, 1.165) is 22.3 Å². The molecule has 2 unspecified atom stereocenters. The summed E-state index contributed by atoms with van der Waals surface area (Å²) in [7, 11) is 0. The molecule has 2 atom stereocenters. The van der Waals surface area contributed by atoms with Crippen LogP contribution in [0.4, 0.5) is 4.79 Å². The summed E-state index contributed by atoms with van der Waals surface area (Å²) in [6.07, 6.45) is -0.619. The van der Waals surface area contributed by atoms with Gasteiger partial charge in [0.2, 0.25) is 11.8 Å². The third-order valence-corrected chi connectivity index (χ3v) is 6.87. The van der Waals surface area contributed by atoms with E-state index in [-0.39, 0.29) is 18.1 Å². The van der Waals surface area contributed by atoms with E-state index >= 15 is 0 Å². The van der Waals surface area contributed by atoms with Crippen molar-refractivity contribution in [3.8, 4) is 5.75 Å². The van der Waals surface area contributed by atoms with Gasteiger partial charge >= 0.3 is 6.09 Å². The van der Waals surface area contributed by atoms with Gasteiger partial charge in [-0.3, -0.25) is 9.59 Å². The van der Waals surface area contributed by atoms with E-state index < -0.39 is 35.2 Å². The molecule has 0 radical (unpaired) electrons. The molecule has 3 amide bonds. The fourth-order valence-corrected chi connectivity index (χ4v) is 4.86. The fourth-order valence-electron chi connectivity index (χ4n) is 4.86. The molecule has 0 fully saturated rings. The molecule has 3 N–H and O–H groups in total. The lowest BCUT2D eigenvalue weighted by atomic mass is 9.91. The second kappa shape index (κ2) is 13.8. The fraction of sp³-hybridized carbons (Fsp3) is 0.400. The van der Waals surface area contributed by atoms with Gasteiger partial charge in [0, 0.05) is 18.5 Å². The zero-order chi connectivity index (χ0) is 31.9. The van der Waals surface area contributed by atoms with Gasteiger partial charge in [-0.05, 0) is 89.8 Å². The van der Waals surface area contributed by atoms with Crippen LogP contribution in [-0.4, -0.2) is 45.1 Å². The van der Waals surface area contributed by atoms with E-state index in [1.165, 1.54) is 12.1 Å². The zero-order valence-electron chi connectivity index (χ0n) is 26.5. The maximum Gasteiger partial charge on any atom is 0.408 e. The molecule has 0 aliphatic rings. The van der Waals surface area contributed by atoms with Crippen LogP contribution in [0.1, 0.15) is 75.4 Å². The monoisotopic (exact) mass is 587 g/mol. The van der Waals surface area contributed by atoms with Crippen molar-refractivity contribution in [3.63, 3.8) is 0 Å². The summed E-state index contributed by atoms with van der Waals surface area (Å²) in [6, 6.07) is 19.8. The molecule has 0 spiro atoms. The molecule has 0 bridgehead atoms. The minimum atomic E-state index is -1.06. The number of phenolic OH excluding ortho intramolecular Hbond substituents is 1. The number of ether oxygens (including phenoxy) is 1. The Bertz CT molecular complexity index is 1410. The predicted molar refractivity (Wildman–Crippen MR) is 169 cm³/mol. The second-order valence-electron chi connectivity index (χ2n) is 12.9. The van der Waals surface area contributed by atoms with Crippen LogP contribution in [0, 0.1) is 13.8 Å². The van der Waals surface area contributed by atoms with E-state index in [4.69, 9.17) is 4.74 Å². The van der Waals surface area contributed by atoms with Crippen LogP contribution in [0.5, 0.6) is 5.75 Å². The Kier molecular flexibility index (Phi) is 10.6. The van der Waals surface area contributed by atoms with Crippen molar-refractivity contribution in [2.45, 2.75) is 91.6 Å². The van der Waals surface area contributed by atoms with Gasteiger partial charge in [-0.25, -0.2) is 4.79 Å². The molecule has 8 heteroatoms. The highest BCUT2D eigenvalue weighted by Gasteiger charge is 2.42. The number of aryl methyl sites for hydroxylation is 2. The van der Waals surface area contributed by atoms with Crippen LogP contribution >= 0.6 is 0 Å². The number of amides is 3. The lowest BCUT2D eigenvalue weighted by Crippen LogP contribution is -2.59. The van der Waals surface area contributed by atoms with Gasteiger partial charge < -0.3 is 25.4 Å². The summed E-state index contributed by atoms with van der Waals surface area (Å²) in [4.78, 5) is 43.4. The van der Waals surface area contributed by atoms with Crippen molar-refractivity contribution in [3.05, 3.63) is 101 Å². The van der Waals surface area contributed by atoms with Crippen molar-refractivity contribution < 1.29 is 24.2 Å². The van der Waals surface area contributed by atoms with Crippen LogP contribution in [0.15, 0.2) is 72.8 Å². The number of phenols is 1. The third-order valence-electron chi connectivity index (χ3n) is 6.87. The molecule has 3 aromatic carbocycles. The van der Waals surface area contributed by atoms with Gasteiger partial charge in [-0.1, -0.05) is 66.2 Å². The number of rotatable bonds is 9. The van der Waals surface area contributed by atoms with E-state index in [1.807, 2.05) is 83.1 Å². The Hall–Kier alpha value is -4.33. The van der Waals surface area contributed by atoms with Crippen LogP contribution in [0.3, 0.4) is 0 Å². The summed E-state index contributed by atoms with van der Waals surface area (Å²) in [6.45, 7) is 15.0. The number of benzene rings is 3. The molecule has 0 saturated carbocycles. The van der Waals surface area contributed by atoms with Crippen LogP contribution in [0.2, 0.25) is 0 Å². The number of alkyl carbamates (subject to hydrolysis) is 1. The minimum Gasteiger partial charge on any atom is -0.508 e. The lowest BCUT2D eigenvalue weighted by molar-refractivity contribution is -0.148. The number of hydrogen-bond donors (Lipinski definition) is 3. The standard InChI is InChI=1S/C35H45N3O5/c1-23-14-15-24(2)28(20-23)30(31(40)36-22-26-12-10-9-11-13-26)38(34(3,4)5)32(41)29(37-33(42)43-35(6,7)8)21-25-16-18-27(39)19-17-25/h9-20,29-30,39H,21-22H2,1-8H3,(H,36,40)(H,37,42). The molecule has 3 rings (SSSR count). The minimum absolute atomic E-state index is 0.0909. The first kappa shape index (κ1) is 33.2. The van der Waals surface area contributed by atoms with Gasteiger partial charge in [0.25, 0.3) is 0 Å². The van der Waals surface area contributed by atoms with Crippen LogP contribution in [-0.2, 0) is 27.3 Å². The molecule has 0 saturated heterocycles. The highest BCUT2D eigenvalue weighted by atomic mass is 16.6. The average molecular weight is 588 g/mol. The second-order valence-corrected chi connectivity index (χ2v) is 12.9. The number of carbonyl (C=O) groups excluding carboxylic acids is 3. The number of nitrogens with one attached hydrogen (secondary N) is 2. The first-order chi connectivity index (χ1) is 20.0. The van der Waals surface area contributed by atoms with Crippen LogP contribution in [0.25, 0.3) is 0 Å². The largest absolute Gasteiger partial charge is 0.508 e. The molecule has 3 aromatic rings. The molecule has 8 nitrogen and oxygen atoms in total. The molecule has 0 aliphatic carbocycles. The van der Waals surface area contributed by atoms with E-state index in [1.54, 1.807) is 37.8 Å². The zero-order valence-corrected chi connectivity index (χ0v) is 26.5. The highest BCUT2D eigenvalue weighted by molar-refractivity contribution is 5.93. The highest BCUT2D eigenvalue weighted by Crippen LogP contribution is 2.33. The molecular formula is C35H45N3O5. The topological polar surface area (TPSA) is 108 Å². The normalized spacial score (nSPS) is 13.0. The molecule has 230 valence electrons. The van der Waals surface area contributed by atoms with E-state index in [2.05, 4.69) is 10.6 Å². The summed E-state index contributed by atoms with van der Waals surface area (Å²) in [5.74, 6) is -0.679. The SMILES string of the molecule is Cc1ccc(C)c(C(C(=O)NCc2ccccc2)N(C(=O)C(Cc2ccc(O)cc2)NC(=O)OC(C)(C)C)C(C)(C)C)c1. The van der Waals surface area contributed by atoms with E-state index in [0.29, 0.717) is 12.1 Å². The molecule has 0 aliphatic heterocycles. The smallest absolute Gasteiger partial charge is 0.408 e. The van der Waals surface area contributed by atoms with Gasteiger partial charge in [0.05, 0.1) is 0 Å².